The van der Waals surface area contributed by atoms with E-state index in [2.05, 4.69) is 29.9 Å². The minimum absolute atomic E-state index is 0.0144. The molecule has 20 heteroatoms. The number of aromatic nitrogens is 12. The zero-order valence-corrected chi connectivity index (χ0v) is 35.5. The molecule has 2 N–H and O–H groups in total. The maximum Gasteiger partial charge on any atom is 0.353 e. The second-order valence-electron chi connectivity index (χ2n) is 15.2. The van der Waals surface area contributed by atoms with Crippen molar-refractivity contribution in [2.45, 2.75) is 159 Å². The van der Waals surface area contributed by atoms with Gasteiger partial charge in [0.15, 0.2) is 0 Å². The monoisotopic (exact) mass is 788 g/mol. The summed E-state index contributed by atoms with van der Waals surface area (Å²) in [5, 5.41) is 0. The molecule has 0 unspecified atom stereocenters. The van der Waals surface area contributed by atoms with Gasteiger partial charge in [-0.2, -0.15) is 15.0 Å². The van der Waals surface area contributed by atoms with E-state index < -0.39 is 28.4 Å². The van der Waals surface area contributed by atoms with E-state index in [0.717, 1.165) is 18.3 Å². The van der Waals surface area contributed by atoms with Crippen molar-refractivity contribution in [2.75, 3.05) is 0 Å². The number of nitrogens with one attached hydrogen (secondary N) is 2. The van der Waals surface area contributed by atoms with Gasteiger partial charge in [-0.25, -0.2) is 61.6 Å². The topological polar surface area (TPSA) is 249 Å². The minimum atomic E-state index is -0.656. The molecule has 0 aromatic carbocycles. The molecule has 0 fully saturated rings. The Morgan fingerprint density at radius 1 is 0.429 bits per heavy atom. The molecular formula is C36H60N12O8. The van der Waals surface area contributed by atoms with Crippen molar-refractivity contribution in [1.82, 2.24) is 57.3 Å². The van der Waals surface area contributed by atoms with Gasteiger partial charge < -0.3 is 0 Å². The standard InChI is InChI=1S/C9H15N3O3.2C9H15N3O2.C9H15N3O/c1-5(2)11-7(13)10-8(14)12(6(3)4)9(11)15;2*1-6(2)11-5-10-8(13)12(7(3)4)9(11)14;1-5(2)7-10-8(6(3)4)12-9(13)11-7/h5-6H,1-4H3,(H,10,13,14);2*5-7H,1-4H3;5-6H,1-4H3,(H,10,11,12,13). The summed E-state index contributed by atoms with van der Waals surface area (Å²) in [6.07, 6.45) is 2.60. The molecule has 20 nitrogen and oxygen atoms in total. The van der Waals surface area contributed by atoms with Gasteiger partial charge in [0.2, 0.25) is 0 Å². The third-order valence-corrected chi connectivity index (χ3v) is 7.84. The van der Waals surface area contributed by atoms with E-state index in [-0.39, 0.29) is 65.2 Å². The Labute approximate surface area is 324 Å². The fourth-order valence-electron chi connectivity index (χ4n) is 4.81. The first-order valence-electron chi connectivity index (χ1n) is 18.6. The van der Waals surface area contributed by atoms with Gasteiger partial charge in [-0.15, -0.1) is 0 Å². The summed E-state index contributed by atoms with van der Waals surface area (Å²) in [6.45, 7) is 29.4. The molecule has 0 saturated heterocycles. The summed E-state index contributed by atoms with van der Waals surface area (Å²) in [6, 6.07) is -0.831. The lowest BCUT2D eigenvalue weighted by molar-refractivity contribution is 0.441. The Morgan fingerprint density at radius 2 is 0.786 bits per heavy atom. The van der Waals surface area contributed by atoms with Gasteiger partial charge in [0.05, 0.1) is 0 Å². The average Bonchev–Trinajstić information content (AvgIpc) is 3.04. The fraction of sp³-hybridized carbons (Fsp3) is 0.667. The Hall–Kier alpha value is -5.56. The Morgan fingerprint density at radius 3 is 1.07 bits per heavy atom. The smallest absolute Gasteiger partial charge is 0.294 e. The van der Waals surface area contributed by atoms with Crippen molar-refractivity contribution in [2.24, 2.45) is 0 Å². The summed E-state index contributed by atoms with van der Waals surface area (Å²) in [7, 11) is 0. The average molecular weight is 789 g/mol. The molecule has 4 heterocycles. The predicted octanol–water partition coefficient (Wildman–Crippen LogP) is 2.41. The van der Waals surface area contributed by atoms with Crippen LogP contribution in [0.25, 0.3) is 0 Å². The molecule has 0 bridgehead atoms. The van der Waals surface area contributed by atoms with E-state index in [1.807, 2.05) is 55.4 Å². The molecule has 0 aliphatic rings. The highest BCUT2D eigenvalue weighted by molar-refractivity contribution is 4.98. The van der Waals surface area contributed by atoms with E-state index in [4.69, 9.17) is 0 Å². The zero-order valence-electron chi connectivity index (χ0n) is 35.5. The van der Waals surface area contributed by atoms with Crippen molar-refractivity contribution in [3.05, 3.63) is 108 Å². The molecule has 4 aromatic rings. The van der Waals surface area contributed by atoms with Crippen LogP contribution < -0.4 is 45.5 Å². The first-order valence-corrected chi connectivity index (χ1v) is 18.6. The Kier molecular flexibility index (Phi) is 18.1. The van der Waals surface area contributed by atoms with Crippen LogP contribution in [0.4, 0.5) is 0 Å². The molecule has 0 spiro atoms. The lowest BCUT2D eigenvalue weighted by atomic mass is 10.2. The van der Waals surface area contributed by atoms with E-state index in [9.17, 15) is 38.4 Å². The van der Waals surface area contributed by atoms with E-state index in [0.29, 0.717) is 11.6 Å². The number of hydrogen-bond donors (Lipinski definition) is 2. The summed E-state index contributed by atoms with van der Waals surface area (Å²) in [4.78, 5) is 112. The highest BCUT2D eigenvalue weighted by atomic mass is 16.2. The predicted molar refractivity (Wildman–Crippen MR) is 214 cm³/mol. The Bertz CT molecular complexity index is 2230. The molecule has 0 radical (unpaired) electrons. The number of hydrogen-bond acceptors (Lipinski definition) is 12. The third kappa shape index (κ3) is 12.8. The fourth-order valence-corrected chi connectivity index (χ4v) is 4.81. The van der Waals surface area contributed by atoms with Crippen molar-refractivity contribution in [3.63, 3.8) is 0 Å². The number of rotatable bonds is 8. The van der Waals surface area contributed by atoms with Crippen molar-refractivity contribution < 1.29 is 0 Å². The molecule has 0 aliphatic carbocycles. The quantitative estimate of drug-likeness (QED) is 0.261. The molecule has 4 aromatic heterocycles. The van der Waals surface area contributed by atoms with Crippen LogP contribution in [0, 0.1) is 0 Å². The van der Waals surface area contributed by atoms with Gasteiger partial charge in [0, 0.05) is 48.1 Å². The maximum absolute atomic E-state index is 11.8. The summed E-state index contributed by atoms with van der Waals surface area (Å²) >= 11 is 0. The normalized spacial score (nSPS) is 11.3. The number of H-pyrrole nitrogens is 2. The number of aromatic amines is 2. The summed E-state index contributed by atoms with van der Waals surface area (Å²) in [5.41, 5.74) is -3.74. The van der Waals surface area contributed by atoms with Crippen LogP contribution in [0.2, 0.25) is 0 Å². The molecule has 312 valence electrons. The SMILES string of the molecule is CC(C)c1nc(C(C)C)[nH]c(=O)n1.CC(C)n1c(=O)[nH]c(=O)n(C(C)C)c1=O.CC(C)n1cnc(=O)n(C(C)C)c1=O.CC(C)n1cnc(=O)n(C(C)C)c1=O. The zero-order chi connectivity index (χ0) is 43.5. The van der Waals surface area contributed by atoms with E-state index >= 15 is 0 Å². The maximum atomic E-state index is 11.8. The van der Waals surface area contributed by atoms with Crippen LogP contribution in [-0.4, -0.2) is 57.3 Å². The first-order chi connectivity index (χ1) is 25.8. The lowest BCUT2D eigenvalue weighted by Gasteiger charge is -2.13. The molecule has 4 rings (SSSR count). The first kappa shape index (κ1) is 48.5. The van der Waals surface area contributed by atoms with Gasteiger partial charge in [-0.1, -0.05) is 27.7 Å². The number of nitrogens with zero attached hydrogens (tertiary/aromatic N) is 10. The van der Waals surface area contributed by atoms with Crippen LogP contribution in [0.5, 0.6) is 0 Å². The van der Waals surface area contributed by atoms with Crippen molar-refractivity contribution in [1.29, 1.82) is 0 Å². The van der Waals surface area contributed by atoms with E-state index in [1.54, 1.807) is 55.4 Å². The lowest BCUT2D eigenvalue weighted by Crippen LogP contribution is -2.50. The summed E-state index contributed by atoms with van der Waals surface area (Å²) < 4.78 is 7.26. The van der Waals surface area contributed by atoms with Crippen LogP contribution in [0.1, 0.15) is 171 Å². The molecule has 0 aliphatic heterocycles. The Balaban J connectivity index is 0.000000374. The molecular weight excluding hydrogens is 728 g/mol. The summed E-state index contributed by atoms with van der Waals surface area (Å²) in [5.74, 6) is 1.75. The highest BCUT2D eigenvalue weighted by Gasteiger charge is 2.15. The van der Waals surface area contributed by atoms with Gasteiger partial charge >= 0.3 is 45.5 Å². The van der Waals surface area contributed by atoms with Gasteiger partial charge in [0.25, 0.3) is 0 Å². The highest BCUT2D eigenvalue weighted by Crippen LogP contribution is 2.10. The van der Waals surface area contributed by atoms with Crippen LogP contribution in [-0.2, 0) is 0 Å². The molecule has 0 saturated carbocycles. The second kappa shape index (κ2) is 20.9. The van der Waals surface area contributed by atoms with Crippen molar-refractivity contribution in [3.8, 4) is 0 Å². The van der Waals surface area contributed by atoms with Gasteiger partial charge in [0.1, 0.15) is 24.3 Å². The van der Waals surface area contributed by atoms with Crippen LogP contribution in [0.15, 0.2) is 51.0 Å². The molecule has 56 heavy (non-hydrogen) atoms. The van der Waals surface area contributed by atoms with Crippen LogP contribution in [0.3, 0.4) is 0 Å². The van der Waals surface area contributed by atoms with E-state index in [1.165, 1.54) is 21.8 Å². The largest absolute Gasteiger partial charge is 0.353 e. The minimum Gasteiger partial charge on any atom is -0.294 e. The molecule has 0 atom stereocenters. The van der Waals surface area contributed by atoms with Crippen LogP contribution >= 0.6 is 0 Å². The molecule has 0 amide bonds. The van der Waals surface area contributed by atoms with Gasteiger partial charge in [-0.3, -0.25) is 19.1 Å². The second-order valence-corrected chi connectivity index (χ2v) is 15.2. The third-order valence-electron chi connectivity index (χ3n) is 7.84. The van der Waals surface area contributed by atoms with Crippen molar-refractivity contribution >= 4 is 0 Å². The van der Waals surface area contributed by atoms with Gasteiger partial charge in [-0.05, 0) is 83.1 Å².